The van der Waals surface area contributed by atoms with Gasteiger partial charge in [-0.05, 0) is 69.2 Å². The third-order valence-corrected chi connectivity index (χ3v) is 9.78. The van der Waals surface area contributed by atoms with Crippen LogP contribution in [0.2, 0.25) is 10.0 Å². The van der Waals surface area contributed by atoms with Crippen molar-refractivity contribution in [2.24, 2.45) is 5.41 Å². The van der Waals surface area contributed by atoms with E-state index in [0.29, 0.717) is 38.5 Å². The zero-order valence-corrected chi connectivity index (χ0v) is 24.9. The SMILES string of the molecule is CC(C)(C)SN[C@H]1c2c(F)cccc2CC12CCN(c1nccn3c(-c4cccc(Cl)c4Cl)nc(C=O)c13)CC2. The Morgan fingerprint density at radius 2 is 1.90 bits per heavy atom. The third-order valence-electron chi connectivity index (χ3n) is 8.00. The first-order chi connectivity index (χ1) is 19.1. The highest BCUT2D eigenvalue weighted by atomic mass is 35.5. The van der Waals surface area contributed by atoms with E-state index in [-0.39, 0.29) is 22.0 Å². The molecule has 3 heterocycles. The summed E-state index contributed by atoms with van der Waals surface area (Å²) in [5.74, 6) is 1.09. The molecule has 1 saturated heterocycles. The fourth-order valence-corrected chi connectivity index (χ4v) is 7.35. The summed E-state index contributed by atoms with van der Waals surface area (Å²) in [5, 5.41) is 0.799. The van der Waals surface area contributed by atoms with Gasteiger partial charge in [0.2, 0.25) is 0 Å². The number of piperidine rings is 1. The van der Waals surface area contributed by atoms with Gasteiger partial charge in [0.15, 0.2) is 12.1 Å². The van der Waals surface area contributed by atoms with Gasteiger partial charge >= 0.3 is 0 Å². The number of carbonyl (C=O) groups excluding carboxylic acids is 1. The first kappa shape index (κ1) is 27.5. The summed E-state index contributed by atoms with van der Waals surface area (Å²) in [6.07, 6.45) is 6.80. The van der Waals surface area contributed by atoms with E-state index in [1.54, 1.807) is 36.5 Å². The van der Waals surface area contributed by atoms with Crippen LogP contribution >= 0.6 is 35.1 Å². The van der Waals surface area contributed by atoms with Crippen molar-refractivity contribution in [3.63, 3.8) is 0 Å². The van der Waals surface area contributed by atoms with Crippen LogP contribution in [0.4, 0.5) is 10.2 Å². The van der Waals surface area contributed by atoms with Gasteiger partial charge in [-0.25, -0.2) is 14.4 Å². The van der Waals surface area contributed by atoms with Gasteiger partial charge in [-0.15, -0.1) is 0 Å². The maximum atomic E-state index is 15.2. The summed E-state index contributed by atoms with van der Waals surface area (Å²) in [4.78, 5) is 23.7. The lowest BCUT2D eigenvalue weighted by Gasteiger charge is -2.44. The minimum absolute atomic E-state index is 0.00765. The number of hydrogen-bond donors (Lipinski definition) is 1. The summed E-state index contributed by atoms with van der Waals surface area (Å²) in [5.41, 5.74) is 3.35. The molecule has 0 amide bonds. The number of benzene rings is 2. The average molecular weight is 599 g/mol. The fraction of sp³-hybridized carbons (Fsp3) is 0.367. The monoisotopic (exact) mass is 597 g/mol. The van der Waals surface area contributed by atoms with E-state index in [4.69, 9.17) is 28.2 Å². The van der Waals surface area contributed by atoms with Crippen molar-refractivity contribution in [2.75, 3.05) is 18.0 Å². The summed E-state index contributed by atoms with van der Waals surface area (Å²) in [6, 6.07) is 10.7. The molecule has 2 aliphatic rings. The molecule has 1 fully saturated rings. The van der Waals surface area contributed by atoms with Crippen LogP contribution in [0, 0.1) is 11.2 Å². The van der Waals surface area contributed by atoms with E-state index in [1.807, 2.05) is 22.6 Å². The molecule has 1 atom stereocenters. The molecular weight excluding hydrogens is 568 g/mol. The second-order valence-electron chi connectivity index (χ2n) is 11.6. The molecule has 1 N–H and O–H groups in total. The molecule has 6 nitrogen and oxygen atoms in total. The number of carbonyl (C=O) groups is 1. The molecule has 0 radical (unpaired) electrons. The van der Waals surface area contributed by atoms with Crippen LogP contribution in [0.15, 0.2) is 48.8 Å². The van der Waals surface area contributed by atoms with Crippen LogP contribution < -0.4 is 9.62 Å². The molecule has 2 aromatic carbocycles. The molecule has 40 heavy (non-hydrogen) atoms. The lowest BCUT2D eigenvalue weighted by atomic mass is 9.73. The van der Waals surface area contributed by atoms with Crippen LogP contribution in [0.3, 0.4) is 0 Å². The number of halogens is 3. The van der Waals surface area contributed by atoms with E-state index < -0.39 is 0 Å². The minimum atomic E-state index is -0.141. The highest BCUT2D eigenvalue weighted by molar-refractivity contribution is 7.98. The van der Waals surface area contributed by atoms with Crippen molar-refractivity contribution in [3.05, 3.63) is 81.5 Å². The Labute approximate surface area is 247 Å². The van der Waals surface area contributed by atoms with Crippen molar-refractivity contribution in [2.45, 2.75) is 50.8 Å². The summed E-state index contributed by atoms with van der Waals surface area (Å²) in [7, 11) is 0. The van der Waals surface area contributed by atoms with Crippen molar-refractivity contribution in [3.8, 4) is 11.4 Å². The number of aromatic nitrogens is 3. The Morgan fingerprint density at radius 3 is 2.62 bits per heavy atom. The second-order valence-corrected chi connectivity index (χ2v) is 14.1. The van der Waals surface area contributed by atoms with Crippen LogP contribution in [0.25, 0.3) is 16.9 Å². The first-order valence-electron chi connectivity index (χ1n) is 13.3. The third kappa shape index (κ3) is 4.69. The molecule has 4 aromatic rings. The molecule has 6 rings (SSSR count). The van der Waals surface area contributed by atoms with Crippen molar-refractivity contribution in [1.82, 2.24) is 19.1 Å². The zero-order chi connectivity index (χ0) is 28.2. The molecule has 1 spiro atoms. The lowest BCUT2D eigenvalue weighted by molar-refractivity contribution is 0.112. The number of anilines is 1. The highest BCUT2D eigenvalue weighted by Gasteiger charge is 2.49. The van der Waals surface area contributed by atoms with Crippen LogP contribution in [-0.2, 0) is 6.42 Å². The van der Waals surface area contributed by atoms with Gasteiger partial charge < -0.3 is 4.90 Å². The normalized spacial score (nSPS) is 18.4. The molecule has 1 aliphatic heterocycles. The Balaban J connectivity index is 1.34. The van der Waals surface area contributed by atoms with Gasteiger partial charge in [-0.2, -0.15) is 0 Å². The molecular formula is C30H30Cl2FN5OS. The second kappa shape index (κ2) is 10.3. The number of rotatable bonds is 5. The van der Waals surface area contributed by atoms with E-state index >= 15 is 4.39 Å². The van der Waals surface area contributed by atoms with Crippen LogP contribution in [-0.4, -0.2) is 38.5 Å². The molecule has 0 saturated carbocycles. The number of aldehydes is 1. The van der Waals surface area contributed by atoms with Gasteiger partial charge in [0, 0.05) is 41.4 Å². The van der Waals surface area contributed by atoms with E-state index in [2.05, 4.69) is 41.4 Å². The molecule has 0 unspecified atom stereocenters. The quantitative estimate of drug-likeness (QED) is 0.189. The summed E-state index contributed by atoms with van der Waals surface area (Å²) >= 11 is 14.5. The fourth-order valence-electron chi connectivity index (χ4n) is 6.13. The van der Waals surface area contributed by atoms with Crippen LogP contribution in [0.5, 0.6) is 0 Å². The number of fused-ring (bicyclic) bond motifs is 2. The van der Waals surface area contributed by atoms with Gasteiger partial charge in [0.25, 0.3) is 0 Å². The Bertz CT molecular complexity index is 1610. The molecule has 2 aromatic heterocycles. The molecule has 10 heteroatoms. The van der Waals surface area contributed by atoms with Gasteiger partial charge in [-0.3, -0.25) is 13.9 Å². The predicted molar refractivity (Wildman–Crippen MR) is 161 cm³/mol. The summed E-state index contributed by atoms with van der Waals surface area (Å²) < 4.78 is 20.7. The Hall–Kier alpha value is -2.65. The van der Waals surface area contributed by atoms with E-state index in [1.165, 1.54) is 0 Å². The van der Waals surface area contributed by atoms with Crippen molar-refractivity contribution < 1.29 is 9.18 Å². The van der Waals surface area contributed by atoms with Crippen molar-refractivity contribution in [1.29, 1.82) is 0 Å². The largest absolute Gasteiger partial charge is 0.355 e. The number of nitrogens with one attached hydrogen (secondary N) is 1. The zero-order valence-electron chi connectivity index (χ0n) is 22.5. The highest BCUT2D eigenvalue weighted by Crippen LogP contribution is 2.54. The smallest absolute Gasteiger partial charge is 0.170 e. The Kier molecular flexibility index (Phi) is 7.10. The topological polar surface area (TPSA) is 62.5 Å². The van der Waals surface area contributed by atoms with Gasteiger partial charge in [-0.1, -0.05) is 53.3 Å². The molecule has 0 bridgehead atoms. The number of nitrogens with zero attached hydrogens (tertiary/aromatic N) is 4. The van der Waals surface area contributed by atoms with Gasteiger partial charge in [0.05, 0.1) is 16.1 Å². The molecule has 1 aliphatic carbocycles. The summed E-state index contributed by atoms with van der Waals surface area (Å²) in [6.45, 7) is 7.91. The van der Waals surface area contributed by atoms with Crippen molar-refractivity contribution >= 4 is 52.8 Å². The maximum absolute atomic E-state index is 15.2. The number of imidazole rings is 1. The Morgan fingerprint density at radius 1 is 1.15 bits per heavy atom. The van der Waals surface area contributed by atoms with Crippen LogP contribution in [0.1, 0.15) is 61.3 Å². The van der Waals surface area contributed by atoms with E-state index in [0.717, 1.165) is 49.8 Å². The minimum Gasteiger partial charge on any atom is -0.355 e. The first-order valence-corrected chi connectivity index (χ1v) is 14.9. The van der Waals surface area contributed by atoms with Gasteiger partial charge in [0.1, 0.15) is 22.9 Å². The molecule has 208 valence electrons. The predicted octanol–water partition coefficient (Wildman–Crippen LogP) is 7.58. The number of hydrogen-bond acceptors (Lipinski definition) is 6. The standard InChI is InChI=1S/C30H30Cl2FN5OS/c1-29(2,3)40-36-26-23-18(6-4-9-21(23)33)16-30(26)10-13-37(14-11-30)28-25-22(17-39)35-27(38(25)15-12-34-28)19-7-5-8-20(31)24(19)32/h4-9,12,15,17,26,36H,10-11,13-14,16H2,1-3H3/t26-/m0/s1. The van der Waals surface area contributed by atoms with E-state index in [9.17, 15) is 4.79 Å². The lowest BCUT2D eigenvalue weighted by Crippen LogP contribution is -2.45. The average Bonchev–Trinajstić information content (AvgIpc) is 3.45. The maximum Gasteiger partial charge on any atom is 0.170 e.